The predicted molar refractivity (Wildman–Crippen MR) is 112 cm³/mol. The van der Waals surface area contributed by atoms with E-state index < -0.39 is 0 Å². The Hall–Kier alpha value is -3.28. The third-order valence-corrected chi connectivity index (χ3v) is 4.74. The van der Waals surface area contributed by atoms with Crippen LogP contribution in [0.15, 0.2) is 54.2 Å². The monoisotopic (exact) mass is 379 g/mol. The van der Waals surface area contributed by atoms with Crippen LogP contribution in [0.4, 0.5) is 5.69 Å². The first-order chi connectivity index (χ1) is 13.6. The van der Waals surface area contributed by atoms with Crippen molar-refractivity contribution in [2.75, 3.05) is 25.1 Å². The largest absolute Gasteiger partial charge is 0.504 e. The van der Waals surface area contributed by atoms with Gasteiger partial charge in [0.2, 0.25) is 0 Å². The lowest BCUT2D eigenvalue weighted by Gasteiger charge is -2.17. The lowest BCUT2D eigenvalue weighted by molar-refractivity contribution is 0.0955. The molecule has 1 amide bonds. The van der Waals surface area contributed by atoms with Gasteiger partial charge in [-0.15, -0.1) is 6.58 Å². The van der Waals surface area contributed by atoms with Crippen molar-refractivity contribution >= 4 is 17.8 Å². The quantitative estimate of drug-likeness (QED) is 0.439. The summed E-state index contributed by atoms with van der Waals surface area (Å²) in [7, 11) is 1.49. The Labute approximate surface area is 165 Å². The Kier molecular flexibility index (Phi) is 6.32. The minimum Gasteiger partial charge on any atom is -0.504 e. The summed E-state index contributed by atoms with van der Waals surface area (Å²) in [6.07, 6.45) is 6.15. The molecule has 6 heteroatoms. The predicted octanol–water partition coefficient (Wildman–Crippen LogP) is 3.49. The van der Waals surface area contributed by atoms with Crippen LogP contribution in [0.2, 0.25) is 0 Å². The molecule has 0 aliphatic carbocycles. The maximum Gasteiger partial charge on any atom is 0.271 e. The molecule has 1 aliphatic rings. The molecular formula is C22H25N3O3. The number of aromatic hydroxyl groups is 1. The standard InChI is InChI=1S/C22H25N3O3/c1-3-6-18-13-16(14-20(28-2)21(18)26)15-23-24-22(27)17-7-9-19(10-8-17)25-11-4-5-12-25/h3,7-10,13-15,26H,1,4-6,11-12H2,2H3,(H,24,27)/b23-15-. The van der Waals surface area contributed by atoms with Crippen LogP contribution >= 0.6 is 0 Å². The fraction of sp³-hybridized carbons (Fsp3) is 0.273. The number of phenolic OH excluding ortho intramolecular Hbond substituents is 1. The third kappa shape index (κ3) is 4.52. The van der Waals surface area contributed by atoms with Crippen molar-refractivity contribution < 1.29 is 14.6 Å². The molecule has 0 saturated carbocycles. The van der Waals surface area contributed by atoms with Gasteiger partial charge in [0, 0.05) is 29.9 Å². The number of nitrogens with one attached hydrogen (secondary N) is 1. The molecule has 0 bridgehead atoms. The molecule has 1 fully saturated rings. The van der Waals surface area contributed by atoms with Gasteiger partial charge in [-0.2, -0.15) is 5.10 Å². The zero-order valence-corrected chi connectivity index (χ0v) is 16.0. The Morgan fingerprint density at radius 3 is 2.64 bits per heavy atom. The molecule has 2 N–H and O–H groups in total. The summed E-state index contributed by atoms with van der Waals surface area (Å²) in [5.41, 5.74) is 5.61. The normalized spacial score (nSPS) is 13.7. The highest BCUT2D eigenvalue weighted by molar-refractivity contribution is 5.95. The second kappa shape index (κ2) is 9.08. The van der Waals surface area contributed by atoms with Crippen LogP contribution in [-0.2, 0) is 6.42 Å². The first kappa shape index (κ1) is 19.5. The number of hydrogen-bond acceptors (Lipinski definition) is 5. The minimum absolute atomic E-state index is 0.0849. The molecule has 1 saturated heterocycles. The van der Waals surface area contributed by atoms with Gasteiger partial charge in [0.05, 0.1) is 13.3 Å². The van der Waals surface area contributed by atoms with Gasteiger partial charge in [0.15, 0.2) is 11.5 Å². The number of phenols is 1. The van der Waals surface area contributed by atoms with E-state index in [1.54, 1.807) is 18.2 Å². The number of amides is 1. The topological polar surface area (TPSA) is 74.2 Å². The highest BCUT2D eigenvalue weighted by Crippen LogP contribution is 2.31. The van der Waals surface area contributed by atoms with Crippen molar-refractivity contribution in [1.82, 2.24) is 5.43 Å². The average Bonchev–Trinajstić information content (AvgIpc) is 3.25. The molecule has 2 aromatic rings. The highest BCUT2D eigenvalue weighted by atomic mass is 16.5. The number of methoxy groups -OCH3 is 1. The van der Waals surface area contributed by atoms with Crippen molar-refractivity contribution in [1.29, 1.82) is 0 Å². The molecule has 1 aliphatic heterocycles. The Bertz CT molecular complexity index is 869. The third-order valence-electron chi connectivity index (χ3n) is 4.74. The lowest BCUT2D eigenvalue weighted by atomic mass is 10.1. The van der Waals surface area contributed by atoms with Crippen LogP contribution in [0, 0.1) is 0 Å². The van der Waals surface area contributed by atoms with E-state index in [-0.39, 0.29) is 11.7 Å². The number of carbonyl (C=O) groups excluding carboxylic acids is 1. The molecule has 2 aromatic carbocycles. The van der Waals surface area contributed by atoms with E-state index in [2.05, 4.69) is 22.0 Å². The van der Waals surface area contributed by atoms with Crippen LogP contribution in [-0.4, -0.2) is 37.4 Å². The SMILES string of the molecule is C=CCc1cc(/C=N\NC(=O)c2ccc(N3CCCC3)cc2)cc(OC)c1O. The lowest BCUT2D eigenvalue weighted by Crippen LogP contribution is -2.19. The molecule has 0 unspecified atom stereocenters. The number of hydrogen-bond donors (Lipinski definition) is 2. The summed E-state index contributed by atoms with van der Waals surface area (Å²) >= 11 is 0. The van der Waals surface area contributed by atoms with Crippen LogP contribution in [0.3, 0.4) is 0 Å². The van der Waals surface area contributed by atoms with Crippen molar-refractivity contribution in [3.8, 4) is 11.5 Å². The zero-order valence-electron chi connectivity index (χ0n) is 16.0. The molecule has 0 aromatic heterocycles. The van der Waals surface area contributed by atoms with Gasteiger partial charge >= 0.3 is 0 Å². The molecule has 28 heavy (non-hydrogen) atoms. The first-order valence-corrected chi connectivity index (χ1v) is 9.31. The maximum atomic E-state index is 12.3. The molecule has 0 spiro atoms. The number of carbonyl (C=O) groups is 1. The first-order valence-electron chi connectivity index (χ1n) is 9.31. The van der Waals surface area contributed by atoms with E-state index in [9.17, 15) is 9.90 Å². The number of benzene rings is 2. The molecule has 1 heterocycles. The number of allylic oxidation sites excluding steroid dienone is 1. The summed E-state index contributed by atoms with van der Waals surface area (Å²) in [6, 6.07) is 11.0. The molecule has 3 rings (SSSR count). The summed E-state index contributed by atoms with van der Waals surface area (Å²) in [4.78, 5) is 14.6. The number of anilines is 1. The molecule has 0 radical (unpaired) electrons. The van der Waals surface area contributed by atoms with Gasteiger partial charge in [-0.05, 0) is 61.2 Å². The van der Waals surface area contributed by atoms with Gasteiger partial charge in [0.25, 0.3) is 5.91 Å². The molecule has 0 atom stereocenters. The molecule has 146 valence electrons. The highest BCUT2D eigenvalue weighted by Gasteiger charge is 2.13. The number of nitrogens with zero attached hydrogens (tertiary/aromatic N) is 2. The van der Waals surface area contributed by atoms with Gasteiger partial charge in [-0.25, -0.2) is 5.43 Å². The van der Waals surface area contributed by atoms with Gasteiger partial charge in [0.1, 0.15) is 0 Å². The number of hydrazone groups is 1. The maximum absolute atomic E-state index is 12.3. The number of ether oxygens (including phenoxy) is 1. The zero-order chi connectivity index (χ0) is 19.9. The van der Waals surface area contributed by atoms with Crippen LogP contribution < -0.4 is 15.1 Å². The minimum atomic E-state index is -0.277. The Morgan fingerprint density at radius 1 is 1.29 bits per heavy atom. The van der Waals surface area contributed by atoms with Gasteiger partial charge < -0.3 is 14.7 Å². The van der Waals surface area contributed by atoms with E-state index in [4.69, 9.17) is 4.74 Å². The van der Waals surface area contributed by atoms with E-state index in [0.717, 1.165) is 18.8 Å². The van der Waals surface area contributed by atoms with Crippen molar-refractivity contribution in [2.24, 2.45) is 5.10 Å². The van der Waals surface area contributed by atoms with Crippen LogP contribution in [0.1, 0.15) is 34.3 Å². The summed E-state index contributed by atoms with van der Waals surface area (Å²) in [5.74, 6) is 0.160. The second-order valence-electron chi connectivity index (χ2n) is 6.66. The fourth-order valence-corrected chi connectivity index (χ4v) is 3.26. The van der Waals surface area contributed by atoms with Crippen molar-refractivity contribution in [2.45, 2.75) is 19.3 Å². The summed E-state index contributed by atoms with van der Waals surface area (Å²) in [5, 5.41) is 14.1. The molecule has 6 nitrogen and oxygen atoms in total. The average molecular weight is 379 g/mol. The smallest absolute Gasteiger partial charge is 0.271 e. The molecular weight excluding hydrogens is 354 g/mol. The van der Waals surface area contributed by atoms with E-state index >= 15 is 0 Å². The second-order valence-corrected chi connectivity index (χ2v) is 6.66. The summed E-state index contributed by atoms with van der Waals surface area (Å²) in [6.45, 7) is 5.83. The van der Waals surface area contributed by atoms with Crippen molar-refractivity contribution in [3.05, 3.63) is 65.7 Å². The van der Waals surface area contributed by atoms with Gasteiger partial charge in [-0.1, -0.05) is 6.08 Å². The van der Waals surface area contributed by atoms with Crippen LogP contribution in [0.25, 0.3) is 0 Å². The van der Waals surface area contributed by atoms with E-state index in [1.807, 2.05) is 24.3 Å². The van der Waals surface area contributed by atoms with Gasteiger partial charge in [-0.3, -0.25) is 4.79 Å². The Balaban J connectivity index is 1.66. The van der Waals surface area contributed by atoms with E-state index in [0.29, 0.717) is 28.9 Å². The Morgan fingerprint density at radius 2 is 2.00 bits per heavy atom. The van der Waals surface area contributed by atoms with E-state index in [1.165, 1.54) is 26.2 Å². The number of rotatable bonds is 7. The van der Waals surface area contributed by atoms with Crippen LogP contribution in [0.5, 0.6) is 11.5 Å². The van der Waals surface area contributed by atoms with Crippen molar-refractivity contribution in [3.63, 3.8) is 0 Å². The fourth-order valence-electron chi connectivity index (χ4n) is 3.26. The summed E-state index contributed by atoms with van der Waals surface area (Å²) < 4.78 is 5.19.